The molecule has 0 radical (unpaired) electrons. The zero-order valence-electron chi connectivity index (χ0n) is 11.9. The standard InChI is InChI=1S/C15H29NO2/c1-2-9-16-10-8-15(6-3-7-15)18-13-14-4-11-17-12-5-14/h14,16H,2-13H2,1H3. The van der Waals surface area contributed by atoms with Gasteiger partial charge in [0.25, 0.3) is 0 Å². The number of ether oxygens (including phenoxy) is 2. The smallest absolute Gasteiger partial charge is 0.0694 e. The quantitative estimate of drug-likeness (QED) is 0.677. The maximum Gasteiger partial charge on any atom is 0.0694 e. The number of hydrogen-bond acceptors (Lipinski definition) is 3. The van der Waals surface area contributed by atoms with Gasteiger partial charge in [-0.3, -0.25) is 0 Å². The molecule has 0 aromatic rings. The average molecular weight is 255 g/mol. The molecule has 0 unspecified atom stereocenters. The number of hydrogen-bond donors (Lipinski definition) is 1. The van der Waals surface area contributed by atoms with Crippen LogP contribution in [0.4, 0.5) is 0 Å². The van der Waals surface area contributed by atoms with E-state index in [0.717, 1.165) is 38.8 Å². The molecule has 1 N–H and O–H groups in total. The fraction of sp³-hybridized carbons (Fsp3) is 1.00. The first-order chi connectivity index (χ1) is 8.85. The molecule has 1 saturated carbocycles. The summed E-state index contributed by atoms with van der Waals surface area (Å²) in [5, 5.41) is 3.50. The zero-order valence-corrected chi connectivity index (χ0v) is 11.9. The summed E-state index contributed by atoms with van der Waals surface area (Å²) < 4.78 is 11.7. The van der Waals surface area contributed by atoms with Crippen molar-refractivity contribution in [1.82, 2.24) is 5.32 Å². The van der Waals surface area contributed by atoms with Gasteiger partial charge in [0.05, 0.1) is 12.2 Å². The van der Waals surface area contributed by atoms with Gasteiger partial charge in [-0.25, -0.2) is 0 Å². The molecule has 3 nitrogen and oxygen atoms in total. The summed E-state index contributed by atoms with van der Waals surface area (Å²) in [7, 11) is 0. The van der Waals surface area contributed by atoms with Crippen molar-refractivity contribution in [2.75, 3.05) is 32.9 Å². The van der Waals surface area contributed by atoms with E-state index in [1.165, 1.54) is 44.9 Å². The van der Waals surface area contributed by atoms with Crippen LogP contribution < -0.4 is 5.32 Å². The fourth-order valence-electron chi connectivity index (χ4n) is 2.86. The molecule has 0 spiro atoms. The second kappa shape index (κ2) is 7.46. The molecule has 2 aliphatic rings. The molecule has 0 bridgehead atoms. The van der Waals surface area contributed by atoms with Crippen LogP contribution in [0.15, 0.2) is 0 Å². The molecule has 0 amide bonds. The van der Waals surface area contributed by atoms with E-state index in [-0.39, 0.29) is 5.60 Å². The third-order valence-electron chi connectivity index (χ3n) is 4.42. The SMILES string of the molecule is CCCNCCC1(OCC2CCOCC2)CCC1. The van der Waals surface area contributed by atoms with E-state index in [2.05, 4.69) is 12.2 Å². The minimum absolute atomic E-state index is 0.221. The van der Waals surface area contributed by atoms with Gasteiger partial charge < -0.3 is 14.8 Å². The van der Waals surface area contributed by atoms with Crippen LogP contribution in [0.2, 0.25) is 0 Å². The molecule has 3 heteroatoms. The van der Waals surface area contributed by atoms with Gasteiger partial charge in [0, 0.05) is 13.2 Å². The molecule has 18 heavy (non-hydrogen) atoms. The van der Waals surface area contributed by atoms with E-state index in [9.17, 15) is 0 Å². The molecule has 2 rings (SSSR count). The van der Waals surface area contributed by atoms with Crippen molar-refractivity contribution < 1.29 is 9.47 Å². The molecule has 0 aromatic carbocycles. The maximum atomic E-state index is 6.29. The summed E-state index contributed by atoms with van der Waals surface area (Å²) in [6.07, 6.45) is 8.66. The summed E-state index contributed by atoms with van der Waals surface area (Å²) in [6, 6.07) is 0. The first kappa shape index (κ1) is 14.3. The summed E-state index contributed by atoms with van der Waals surface area (Å²) in [6.45, 7) is 7.28. The van der Waals surface area contributed by atoms with Crippen LogP contribution in [0.1, 0.15) is 51.9 Å². The molecular formula is C15H29NO2. The highest BCUT2D eigenvalue weighted by atomic mass is 16.5. The van der Waals surface area contributed by atoms with Crippen LogP contribution in [0.5, 0.6) is 0 Å². The van der Waals surface area contributed by atoms with Crippen LogP contribution in [0.25, 0.3) is 0 Å². The van der Waals surface area contributed by atoms with Crippen molar-refractivity contribution in [3.05, 3.63) is 0 Å². The Bertz CT molecular complexity index is 223. The highest BCUT2D eigenvalue weighted by molar-refractivity contribution is 4.90. The van der Waals surface area contributed by atoms with Gasteiger partial charge in [0.2, 0.25) is 0 Å². The van der Waals surface area contributed by atoms with E-state index in [1.807, 2.05) is 0 Å². The third kappa shape index (κ3) is 4.22. The minimum Gasteiger partial charge on any atom is -0.381 e. The molecule has 1 heterocycles. The Morgan fingerprint density at radius 1 is 1.22 bits per heavy atom. The van der Waals surface area contributed by atoms with Crippen molar-refractivity contribution in [2.45, 2.75) is 57.5 Å². The minimum atomic E-state index is 0.221. The van der Waals surface area contributed by atoms with Crippen LogP contribution >= 0.6 is 0 Å². The van der Waals surface area contributed by atoms with Gasteiger partial charge in [-0.15, -0.1) is 0 Å². The number of rotatable bonds is 8. The van der Waals surface area contributed by atoms with Gasteiger partial charge in [0.15, 0.2) is 0 Å². The van der Waals surface area contributed by atoms with Gasteiger partial charge in [0.1, 0.15) is 0 Å². The molecule has 1 aliphatic carbocycles. The van der Waals surface area contributed by atoms with E-state index in [4.69, 9.17) is 9.47 Å². The lowest BCUT2D eigenvalue weighted by Gasteiger charge is -2.43. The van der Waals surface area contributed by atoms with Gasteiger partial charge in [-0.2, -0.15) is 0 Å². The Morgan fingerprint density at radius 3 is 2.61 bits per heavy atom. The van der Waals surface area contributed by atoms with E-state index < -0.39 is 0 Å². The van der Waals surface area contributed by atoms with Crippen molar-refractivity contribution >= 4 is 0 Å². The molecule has 0 aromatic heterocycles. The topological polar surface area (TPSA) is 30.5 Å². The Balaban J connectivity index is 1.64. The molecular weight excluding hydrogens is 226 g/mol. The van der Waals surface area contributed by atoms with Crippen molar-refractivity contribution in [3.8, 4) is 0 Å². The maximum absolute atomic E-state index is 6.29. The van der Waals surface area contributed by atoms with Crippen molar-refractivity contribution in [3.63, 3.8) is 0 Å². The second-order valence-electron chi connectivity index (χ2n) is 5.90. The molecule has 1 saturated heterocycles. The van der Waals surface area contributed by atoms with E-state index in [1.54, 1.807) is 0 Å². The van der Waals surface area contributed by atoms with Crippen molar-refractivity contribution in [1.29, 1.82) is 0 Å². The van der Waals surface area contributed by atoms with Crippen molar-refractivity contribution in [2.24, 2.45) is 5.92 Å². The average Bonchev–Trinajstić information content (AvgIpc) is 2.37. The normalized spacial score (nSPS) is 23.8. The van der Waals surface area contributed by atoms with Crippen LogP contribution in [0.3, 0.4) is 0 Å². The summed E-state index contributed by atoms with van der Waals surface area (Å²) in [5.41, 5.74) is 0.221. The summed E-state index contributed by atoms with van der Waals surface area (Å²) in [4.78, 5) is 0. The van der Waals surface area contributed by atoms with Gasteiger partial charge >= 0.3 is 0 Å². The largest absolute Gasteiger partial charge is 0.381 e. The summed E-state index contributed by atoms with van der Waals surface area (Å²) in [5.74, 6) is 0.736. The highest BCUT2D eigenvalue weighted by Crippen LogP contribution is 2.39. The van der Waals surface area contributed by atoms with Gasteiger partial charge in [-0.1, -0.05) is 6.92 Å². The molecule has 1 aliphatic heterocycles. The first-order valence-electron chi connectivity index (χ1n) is 7.77. The Labute approximate surface area is 112 Å². The second-order valence-corrected chi connectivity index (χ2v) is 5.90. The van der Waals surface area contributed by atoms with E-state index in [0.29, 0.717) is 0 Å². The van der Waals surface area contributed by atoms with Crippen LogP contribution in [-0.4, -0.2) is 38.5 Å². The molecule has 106 valence electrons. The third-order valence-corrected chi connectivity index (χ3v) is 4.42. The molecule has 0 atom stereocenters. The Hall–Kier alpha value is -0.120. The lowest BCUT2D eigenvalue weighted by Crippen LogP contribution is -2.44. The summed E-state index contributed by atoms with van der Waals surface area (Å²) >= 11 is 0. The predicted octanol–water partition coefficient (Wildman–Crippen LogP) is 2.74. The fourth-order valence-corrected chi connectivity index (χ4v) is 2.86. The molecule has 2 fully saturated rings. The van der Waals surface area contributed by atoms with E-state index >= 15 is 0 Å². The lowest BCUT2D eigenvalue weighted by molar-refractivity contribution is -0.123. The zero-order chi connectivity index (χ0) is 12.7. The van der Waals surface area contributed by atoms with Crippen LogP contribution in [0, 0.1) is 5.92 Å². The van der Waals surface area contributed by atoms with Crippen LogP contribution in [-0.2, 0) is 9.47 Å². The van der Waals surface area contributed by atoms with Gasteiger partial charge in [-0.05, 0) is 64.0 Å². The monoisotopic (exact) mass is 255 g/mol. The predicted molar refractivity (Wildman–Crippen MR) is 73.9 cm³/mol. The number of nitrogens with one attached hydrogen (secondary N) is 1. The highest BCUT2D eigenvalue weighted by Gasteiger charge is 2.37. The lowest BCUT2D eigenvalue weighted by atomic mass is 9.77. The Kier molecular flexibility index (Phi) is 5.93. The Morgan fingerprint density at radius 2 is 2.00 bits per heavy atom. The first-order valence-corrected chi connectivity index (χ1v) is 7.77.